The lowest BCUT2D eigenvalue weighted by atomic mass is 10.2. The minimum Gasteiger partial charge on any atom is -0.280 e. The normalized spacial score (nSPS) is 16.4. The summed E-state index contributed by atoms with van der Waals surface area (Å²) in [6.07, 6.45) is -2.35. The maximum absolute atomic E-state index is 12.9. The zero-order valence-electron chi connectivity index (χ0n) is 15.5. The maximum Gasteiger partial charge on any atom is 0.416 e. The number of rotatable bonds is 5. The first kappa shape index (κ1) is 22.9. The van der Waals surface area contributed by atoms with E-state index in [0.717, 1.165) is 31.4 Å². The van der Waals surface area contributed by atoms with Crippen LogP contribution in [0.4, 0.5) is 18.9 Å². The Bertz CT molecular complexity index is 1150. The Balaban J connectivity index is 1.93. The lowest BCUT2D eigenvalue weighted by molar-refractivity contribution is -0.137. The molecule has 1 saturated heterocycles. The van der Waals surface area contributed by atoms with Crippen LogP contribution >= 0.6 is 11.6 Å². The van der Waals surface area contributed by atoms with Crippen molar-refractivity contribution in [1.82, 2.24) is 4.31 Å². The van der Waals surface area contributed by atoms with Gasteiger partial charge in [-0.1, -0.05) is 24.1 Å². The van der Waals surface area contributed by atoms with Gasteiger partial charge in [-0.2, -0.15) is 17.5 Å². The van der Waals surface area contributed by atoms with Crippen molar-refractivity contribution in [3.63, 3.8) is 0 Å². The summed E-state index contributed by atoms with van der Waals surface area (Å²) in [5.41, 5.74) is -1.28. The maximum atomic E-state index is 12.9. The molecule has 30 heavy (non-hydrogen) atoms. The van der Waals surface area contributed by atoms with Crippen LogP contribution in [0.2, 0.25) is 5.02 Å². The van der Waals surface area contributed by atoms with Crippen molar-refractivity contribution in [3.8, 4) is 0 Å². The average molecular weight is 483 g/mol. The van der Waals surface area contributed by atoms with Gasteiger partial charge in [0.1, 0.15) is 4.90 Å². The van der Waals surface area contributed by atoms with Crippen molar-refractivity contribution in [2.45, 2.75) is 35.2 Å². The molecule has 164 valence electrons. The van der Waals surface area contributed by atoms with Crippen molar-refractivity contribution in [1.29, 1.82) is 0 Å². The molecule has 6 nitrogen and oxygen atoms in total. The van der Waals surface area contributed by atoms with E-state index in [-0.39, 0.29) is 10.6 Å². The Morgan fingerprint density at radius 2 is 1.60 bits per heavy atom. The number of alkyl halides is 3. The number of benzene rings is 2. The SMILES string of the molecule is O=S(=O)(Nc1cccc(S(=O)(=O)N2CCCCC2)c1)c1cc(C(F)(F)F)ccc1Cl. The summed E-state index contributed by atoms with van der Waals surface area (Å²) in [5, 5.41) is -0.396. The number of sulfonamides is 2. The monoisotopic (exact) mass is 482 g/mol. The first-order valence-electron chi connectivity index (χ1n) is 8.91. The summed E-state index contributed by atoms with van der Waals surface area (Å²) in [4.78, 5) is -0.872. The van der Waals surface area contributed by atoms with Crippen LogP contribution in [-0.4, -0.2) is 34.2 Å². The van der Waals surface area contributed by atoms with Crippen molar-refractivity contribution >= 4 is 37.3 Å². The highest BCUT2D eigenvalue weighted by Crippen LogP contribution is 2.34. The number of hydrogen-bond donors (Lipinski definition) is 1. The quantitative estimate of drug-likeness (QED) is 0.687. The van der Waals surface area contributed by atoms with E-state index < -0.39 is 41.7 Å². The molecule has 1 aliphatic heterocycles. The fourth-order valence-electron chi connectivity index (χ4n) is 3.07. The molecular weight excluding hydrogens is 465 g/mol. The van der Waals surface area contributed by atoms with E-state index in [4.69, 9.17) is 11.6 Å². The van der Waals surface area contributed by atoms with Crippen molar-refractivity contribution in [2.75, 3.05) is 17.8 Å². The van der Waals surface area contributed by atoms with Crippen LogP contribution in [0.1, 0.15) is 24.8 Å². The van der Waals surface area contributed by atoms with Crippen LogP contribution in [0.15, 0.2) is 52.3 Å². The third kappa shape index (κ3) is 4.90. The Morgan fingerprint density at radius 1 is 0.933 bits per heavy atom. The van der Waals surface area contributed by atoms with Crippen LogP contribution in [-0.2, 0) is 26.2 Å². The Labute approximate surface area is 177 Å². The fourth-order valence-corrected chi connectivity index (χ4v) is 6.21. The van der Waals surface area contributed by atoms with E-state index in [0.29, 0.717) is 25.2 Å². The molecule has 0 spiro atoms. The molecule has 2 aromatic carbocycles. The van der Waals surface area contributed by atoms with Crippen LogP contribution in [0.25, 0.3) is 0 Å². The number of halogens is 4. The third-order valence-electron chi connectivity index (χ3n) is 4.59. The average Bonchev–Trinajstić information content (AvgIpc) is 2.68. The highest BCUT2D eigenvalue weighted by molar-refractivity contribution is 7.93. The van der Waals surface area contributed by atoms with Gasteiger partial charge in [0.05, 0.1) is 21.2 Å². The van der Waals surface area contributed by atoms with Gasteiger partial charge in [-0.15, -0.1) is 0 Å². The van der Waals surface area contributed by atoms with Crippen LogP contribution < -0.4 is 4.72 Å². The lowest BCUT2D eigenvalue weighted by Gasteiger charge is -2.26. The number of anilines is 1. The van der Waals surface area contributed by atoms with E-state index >= 15 is 0 Å². The van der Waals surface area contributed by atoms with E-state index in [9.17, 15) is 30.0 Å². The van der Waals surface area contributed by atoms with Crippen molar-refractivity contribution in [3.05, 3.63) is 53.1 Å². The zero-order chi connectivity index (χ0) is 22.2. The molecule has 1 N–H and O–H groups in total. The number of hydrogen-bond acceptors (Lipinski definition) is 4. The molecule has 0 aromatic heterocycles. The molecule has 0 unspecified atom stereocenters. The van der Waals surface area contributed by atoms with Gasteiger partial charge in [-0.05, 0) is 49.2 Å². The molecule has 1 aliphatic rings. The highest BCUT2D eigenvalue weighted by Gasteiger charge is 2.33. The first-order valence-corrected chi connectivity index (χ1v) is 12.2. The second-order valence-electron chi connectivity index (χ2n) is 6.74. The molecule has 2 aromatic rings. The van der Waals surface area contributed by atoms with Gasteiger partial charge >= 0.3 is 6.18 Å². The van der Waals surface area contributed by atoms with Gasteiger partial charge < -0.3 is 0 Å². The van der Waals surface area contributed by atoms with E-state index in [1.54, 1.807) is 0 Å². The van der Waals surface area contributed by atoms with E-state index in [1.807, 2.05) is 0 Å². The number of piperidine rings is 1. The Morgan fingerprint density at radius 3 is 2.23 bits per heavy atom. The van der Waals surface area contributed by atoms with Crippen LogP contribution in [0.3, 0.4) is 0 Å². The molecule has 12 heteroatoms. The molecule has 0 atom stereocenters. The predicted molar refractivity (Wildman–Crippen MR) is 106 cm³/mol. The standard InChI is InChI=1S/C18H18ClF3N2O4S2/c19-16-8-7-13(18(20,21)22)11-17(16)29(25,26)23-14-5-4-6-15(12-14)30(27,28)24-9-2-1-3-10-24/h4-8,11-12,23H,1-3,9-10H2. The summed E-state index contributed by atoms with van der Waals surface area (Å²) in [6, 6.07) is 7.06. The van der Waals surface area contributed by atoms with E-state index in [2.05, 4.69) is 4.72 Å². The second-order valence-corrected chi connectivity index (χ2v) is 10.7. The third-order valence-corrected chi connectivity index (χ3v) is 8.34. The molecule has 1 heterocycles. The summed E-state index contributed by atoms with van der Waals surface area (Å²) >= 11 is 5.81. The molecule has 3 rings (SSSR count). The molecular formula is C18H18ClF3N2O4S2. The minimum atomic E-state index is -4.75. The first-order chi connectivity index (χ1) is 13.9. The fraction of sp³-hybridized carbons (Fsp3) is 0.333. The Hall–Kier alpha value is -1.82. The number of nitrogens with one attached hydrogen (secondary N) is 1. The largest absolute Gasteiger partial charge is 0.416 e. The van der Waals surface area contributed by atoms with E-state index in [1.165, 1.54) is 22.5 Å². The lowest BCUT2D eigenvalue weighted by Crippen LogP contribution is -2.35. The topological polar surface area (TPSA) is 83.5 Å². The summed E-state index contributed by atoms with van der Waals surface area (Å²) < 4.78 is 93.1. The van der Waals surface area contributed by atoms with Gasteiger partial charge in [-0.25, -0.2) is 16.8 Å². The van der Waals surface area contributed by atoms with Crippen molar-refractivity contribution in [2.24, 2.45) is 0 Å². The molecule has 0 bridgehead atoms. The van der Waals surface area contributed by atoms with Gasteiger partial charge in [0.25, 0.3) is 10.0 Å². The van der Waals surface area contributed by atoms with Gasteiger partial charge in [-0.3, -0.25) is 4.72 Å². The molecule has 0 amide bonds. The summed E-state index contributed by atoms with van der Waals surface area (Å²) in [6.45, 7) is 0.746. The van der Waals surface area contributed by atoms with Crippen molar-refractivity contribution < 1.29 is 30.0 Å². The summed E-state index contributed by atoms with van der Waals surface area (Å²) in [5.74, 6) is 0. The smallest absolute Gasteiger partial charge is 0.280 e. The molecule has 0 aliphatic carbocycles. The summed E-state index contributed by atoms with van der Waals surface area (Å²) in [7, 11) is -8.32. The predicted octanol–water partition coefficient (Wildman–Crippen LogP) is 4.33. The Kier molecular flexibility index (Phi) is 6.38. The van der Waals surface area contributed by atoms with Crippen LogP contribution in [0.5, 0.6) is 0 Å². The number of nitrogens with zero attached hydrogens (tertiary/aromatic N) is 1. The molecule has 0 radical (unpaired) electrons. The van der Waals surface area contributed by atoms with Gasteiger partial charge in [0.2, 0.25) is 10.0 Å². The highest BCUT2D eigenvalue weighted by atomic mass is 35.5. The van der Waals surface area contributed by atoms with Gasteiger partial charge in [0, 0.05) is 13.1 Å². The molecule has 1 fully saturated rings. The van der Waals surface area contributed by atoms with Crippen LogP contribution in [0, 0.1) is 0 Å². The minimum absolute atomic E-state index is 0.110. The zero-order valence-corrected chi connectivity index (χ0v) is 17.9. The second kappa shape index (κ2) is 8.37. The van der Waals surface area contributed by atoms with Gasteiger partial charge in [0.15, 0.2) is 0 Å². The molecule has 0 saturated carbocycles.